The summed E-state index contributed by atoms with van der Waals surface area (Å²) >= 11 is 6.98. The third-order valence-electron chi connectivity index (χ3n) is 7.74. The van der Waals surface area contributed by atoms with Crippen molar-refractivity contribution in [3.05, 3.63) is 144 Å². The zero-order valence-electron chi connectivity index (χ0n) is 25.5. The summed E-state index contributed by atoms with van der Waals surface area (Å²) in [5.74, 6) is 0.604. The molecule has 0 saturated heterocycles. The van der Waals surface area contributed by atoms with Crippen molar-refractivity contribution < 1.29 is 19.4 Å². The molecule has 0 saturated carbocycles. The van der Waals surface area contributed by atoms with Crippen molar-refractivity contribution in [2.75, 3.05) is 19.8 Å². The number of nitrogens with zero attached hydrogens (tertiary/aromatic N) is 4. The van der Waals surface area contributed by atoms with E-state index in [4.69, 9.17) is 25.1 Å². The highest BCUT2D eigenvalue weighted by molar-refractivity contribution is 9.10. The standard InChI is InChI=1S/C35H34Br2N6O4/c36-29-12-6-24(7-13-29)18-19-39-42-34(45)35(22-27-4-1-2-5-28(27)23-40-43-38)32(25-8-14-30(37)15-9-25)47-33(41-35)26-10-16-31(17-11-26)46-21-3-20-44/h1-2,4-17,32,39,44H,3,18-23H2,(H,42,45)/t32-,35-/m0/s1. The molecule has 3 N–H and O–H groups in total. The van der Waals surface area contributed by atoms with Gasteiger partial charge < -0.3 is 14.6 Å². The van der Waals surface area contributed by atoms with Crippen LogP contribution >= 0.6 is 31.9 Å². The van der Waals surface area contributed by atoms with Crippen molar-refractivity contribution in [2.45, 2.75) is 37.5 Å². The first-order chi connectivity index (χ1) is 22.9. The Labute approximate surface area is 290 Å². The van der Waals surface area contributed by atoms with Gasteiger partial charge >= 0.3 is 0 Å². The molecule has 12 heteroatoms. The molecule has 242 valence electrons. The van der Waals surface area contributed by atoms with Gasteiger partial charge in [0.15, 0.2) is 11.6 Å². The normalized spacial score (nSPS) is 16.9. The van der Waals surface area contributed by atoms with E-state index in [0.29, 0.717) is 43.2 Å². The number of nitrogens with one attached hydrogen (secondary N) is 2. The van der Waals surface area contributed by atoms with Crippen LogP contribution in [-0.4, -0.2) is 42.2 Å². The number of halogens is 2. The Bertz CT molecular complexity index is 1730. The predicted octanol–water partition coefficient (Wildman–Crippen LogP) is 7.15. The molecule has 0 aliphatic carbocycles. The minimum atomic E-state index is -1.43. The Hall–Kier alpha value is -4.19. The fourth-order valence-corrected chi connectivity index (χ4v) is 5.84. The van der Waals surface area contributed by atoms with Crippen LogP contribution in [0.1, 0.15) is 40.3 Å². The second kappa shape index (κ2) is 16.6. The molecule has 1 aliphatic heterocycles. The molecular weight excluding hydrogens is 728 g/mol. The quantitative estimate of drug-likeness (QED) is 0.0388. The minimum absolute atomic E-state index is 0.0510. The highest BCUT2D eigenvalue weighted by Crippen LogP contribution is 2.43. The summed E-state index contributed by atoms with van der Waals surface area (Å²) in [6, 6.07) is 30.6. The van der Waals surface area contributed by atoms with Crippen LogP contribution < -0.4 is 15.6 Å². The zero-order valence-corrected chi connectivity index (χ0v) is 28.7. The number of aliphatic hydroxyl groups excluding tert-OH is 1. The minimum Gasteiger partial charge on any atom is -0.494 e. The van der Waals surface area contributed by atoms with E-state index in [1.165, 1.54) is 0 Å². The number of aliphatic imine (C=N–C) groups is 1. The smallest absolute Gasteiger partial charge is 0.266 e. The van der Waals surface area contributed by atoms with Crippen molar-refractivity contribution in [3.63, 3.8) is 0 Å². The molecule has 1 heterocycles. The maximum absolute atomic E-state index is 14.5. The van der Waals surface area contributed by atoms with Gasteiger partial charge in [0.2, 0.25) is 5.90 Å². The molecule has 47 heavy (non-hydrogen) atoms. The Morgan fingerprint density at radius 3 is 2.34 bits per heavy atom. The van der Waals surface area contributed by atoms with E-state index in [1.54, 1.807) is 0 Å². The molecule has 0 unspecified atom stereocenters. The van der Waals surface area contributed by atoms with Gasteiger partial charge in [-0.25, -0.2) is 10.4 Å². The molecule has 0 aromatic heterocycles. The second-order valence-electron chi connectivity index (χ2n) is 10.9. The van der Waals surface area contributed by atoms with E-state index in [9.17, 15) is 4.79 Å². The molecule has 4 aromatic rings. The second-order valence-corrected chi connectivity index (χ2v) is 12.8. The average Bonchev–Trinajstić information content (AvgIpc) is 3.48. The van der Waals surface area contributed by atoms with Gasteiger partial charge in [0.25, 0.3) is 5.91 Å². The van der Waals surface area contributed by atoms with E-state index in [2.05, 4.69) is 52.7 Å². The molecule has 0 bridgehead atoms. The summed E-state index contributed by atoms with van der Waals surface area (Å²) in [5, 5.41) is 12.9. The van der Waals surface area contributed by atoms with Crippen molar-refractivity contribution in [2.24, 2.45) is 10.1 Å². The largest absolute Gasteiger partial charge is 0.494 e. The SMILES string of the molecule is [N-]=[N+]=NCc1ccccc1C[C@]1(C(=O)NNCCc2ccc(Br)cc2)N=C(c2ccc(OCCCO)cc2)O[C@H]1c1ccc(Br)cc1. The molecule has 4 aromatic carbocycles. The fraction of sp³-hybridized carbons (Fsp3) is 0.257. The number of carbonyl (C=O) groups excluding carboxylic acids is 1. The highest BCUT2D eigenvalue weighted by Gasteiger charge is 2.53. The van der Waals surface area contributed by atoms with E-state index < -0.39 is 11.6 Å². The number of azide groups is 1. The van der Waals surface area contributed by atoms with Crippen LogP contribution in [0.5, 0.6) is 5.75 Å². The fourth-order valence-electron chi connectivity index (χ4n) is 5.31. The Kier molecular flexibility index (Phi) is 12.0. The summed E-state index contributed by atoms with van der Waals surface area (Å²) < 4.78 is 14.2. The van der Waals surface area contributed by atoms with Crippen molar-refractivity contribution in [1.29, 1.82) is 0 Å². The molecule has 1 amide bonds. The van der Waals surface area contributed by atoms with Gasteiger partial charge in [-0.05, 0) is 82.7 Å². The van der Waals surface area contributed by atoms with Crippen LogP contribution in [0.4, 0.5) is 0 Å². The first kappa shape index (κ1) is 34.2. The number of aliphatic hydroxyl groups is 1. The van der Waals surface area contributed by atoms with E-state index in [0.717, 1.165) is 31.2 Å². The number of carbonyl (C=O) groups is 1. The van der Waals surface area contributed by atoms with Gasteiger partial charge in [0, 0.05) is 45.4 Å². The molecule has 10 nitrogen and oxygen atoms in total. The number of hydrogen-bond donors (Lipinski definition) is 3. The summed E-state index contributed by atoms with van der Waals surface area (Å²) in [6.45, 7) is 1.07. The van der Waals surface area contributed by atoms with Gasteiger partial charge in [0.1, 0.15) is 5.75 Å². The maximum atomic E-state index is 14.5. The average molecular weight is 763 g/mol. The lowest BCUT2D eigenvalue weighted by Gasteiger charge is -2.31. The van der Waals surface area contributed by atoms with Crippen LogP contribution in [0.2, 0.25) is 0 Å². The topological polar surface area (TPSA) is 141 Å². The lowest BCUT2D eigenvalue weighted by Crippen LogP contribution is -2.54. The van der Waals surface area contributed by atoms with Crippen molar-refractivity contribution in [3.8, 4) is 5.75 Å². The summed E-state index contributed by atoms with van der Waals surface area (Å²) in [7, 11) is 0. The molecule has 0 fully saturated rings. The van der Waals surface area contributed by atoms with E-state index in [-0.39, 0.29) is 25.5 Å². The van der Waals surface area contributed by atoms with Crippen molar-refractivity contribution in [1.82, 2.24) is 10.9 Å². The third kappa shape index (κ3) is 8.79. The number of hydrazine groups is 1. The van der Waals surface area contributed by atoms with Gasteiger partial charge in [-0.1, -0.05) is 85.5 Å². The van der Waals surface area contributed by atoms with Crippen molar-refractivity contribution >= 4 is 43.7 Å². The third-order valence-corrected chi connectivity index (χ3v) is 8.80. The van der Waals surface area contributed by atoms with Crippen LogP contribution in [0.3, 0.4) is 0 Å². The highest BCUT2D eigenvalue weighted by atomic mass is 79.9. The van der Waals surface area contributed by atoms with E-state index >= 15 is 0 Å². The van der Waals surface area contributed by atoms with Crippen LogP contribution in [-0.2, 0) is 28.9 Å². The van der Waals surface area contributed by atoms with Crippen LogP contribution in [0, 0.1) is 0 Å². The predicted molar refractivity (Wildman–Crippen MR) is 188 cm³/mol. The van der Waals surface area contributed by atoms with Gasteiger partial charge in [0.05, 0.1) is 13.2 Å². The summed E-state index contributed by atoms with van der Waals surface area (Å²) in [6.07, 6.45) is 0.620. The molecule has 2 atom stereocenters. The number of ether oxygens (including phenoxy) is 2. The zero-order chi connectivity index (χ0) is 33.1. The maximum Gasteiger partial charge on any atom is 0.266 e. The Morgan fingerprint density at radius 2 is 1.66 bits per heavy atom. The Morgan fingerprint density at radius 1 is 0.979 bits per heavy atom. The molecule has 5 rings (SSSR count). The first-order valence-corrected chi connectivity index (χ1v) is 16.7. The molecule has 0 radical (unpaired) electrons. The Balaban J connectivity index is 1.51. The van der Waals surface area contributed by atoms with Crippen LogP contribution in [0.15, 0.2) is 116 Å². The lowest BCUT2D eigenvalue weighted by molar-refractivity contribution is -0.130. The first-order valence-electron chi connectivity index (χ1n) is 15.1. The summed E-state index contributed by atoms with van der Waals surface area (Å²) in [5.41, 5.74) is 17.8. The van der Waals surface area contributed by atoms with E-state index in [1.807, 2.05) is 97.1 Å². The van der Waals surface area contributed by atoms with Gasteiger partial charge in [-0.15, -0.1) is 0 Å². The monoisotopic (exact) mass is 760 g/mol. The number of rotatable bonds is 15. The number of benzene rings is 4. The van der Waals surface area contributed by atoms with Gasteiger partial charge in [-0.2, -0.15) is 0 Å². The van der Waals surface area contributed by atoms with Crippen LogP contribution in [0.25, 0.3) is 10.4 Å². The molecule has 0 spiro atoms. The lowest BCUT2D eigenvalue weighted by atomic mass is 9.81. The molecular formula is C35H34Br2N6O4. The number of hydrogen-bond acceptors (Lipinski definition) is 7. The summed E-state index contributed by atoms with van der Waals surface area (Å²) in [4.78, 5) is 22.5. The number of amides is 1. The molecule has 1 aliphatic rings. The van der Waals surface area contributed by atoms with Gasteiger partial charge in [-0.3, -0.25) is 10.2 Å².